The molecule has 0 unspecified atom stereocenters. The standard InChI is InChI=1S/C27H19NO6S/c1-14-9-19(31)10-15(2)23(14)25(32)26-24(20-8-7-18(30)11-21(20)35-26)16-3-5-17(6-4-16)27-28-22(12-33-27)34-13-29/h3-13,30-31H,1-2H3. The topological polar surface area (TPSA) is 110 Å². The molecular formula is C27H19NO6S. The minimum absolute atomic E-state index is 0.0650. The van der Waals surface area contributed by atoms with Gasteiger partial charge in [0.1, 0.15) is 11.5 Å². The van der Waals surface area contributed by atoms with E-state index in [1.54, 1.807) is 56.3 Å². The molecule has 35 heavy (non-hydrogen) atoms. The summed E-state index contributed by atoms with van der Waals surface area (Å²) in [5.41, 5.74) is 4.14. The lowest BCUT2D eigenvalue weighted by molar-refractivity contribution is -0.120. The van der Waals surface area contributed by atoms with Gasteiger partial charge in [0.05, 0.1) is 4.88 Å². The zero-order valence-corrected chi connectivity index (χ0v) is 19.6. The first-order chi connectivity index (χ1) is 16.9. The van der Waals surface area contributed by atoms with E-state index in [4.69, 9.17) is 9.15 Å². The van der Waals surface area contributed by atoms with Crippen LogP contribution < -0.4 is 4.74 Å². The average Bonchev–Trinajstić information content (AvgIpc) is 3.43. The molecular weight excluding hydrogens is 466 g/mol. The first-order valence-electron chi connectivity index (χ1n) is 10.6. The van der Waals surface area contributed by atoms with Crippen LogP contribution in [-0.4, -0.2) is 27.5 Å². The number of rotatable bonds is 6. The van der Waals surface area contributed by atoms with Crippen molar-refractivity contribution in [1.82, 2.24) is 4.98 Å². The van der Waals surface area contributed by atoms with E-state index in [0.29, 0.717) is 33.0 Å². The van der Waals surface area contributed by atoms with E-state index in [1.165, 1.54) is 17.6 Å². The molecule has 0 saturated heterocycles. The second-order valence-corrected chi connectivity index (χ2v) is 9.10. The predicted molar refractivity (Wildman–Crippen MR) is 132 cm³/mol. The fourth-order valence-electron chi connectivity index (χ4n) is 4.22. The largest absolute Gasteiger partial charge is 0.508 e. The first-order valence-corrected chi connectivity index (χ1v) is 11.4. The Morgan fingerprint density at radius 3 is 2.34 bits per heavy atom. The fraction of sp³-hybridized carbons (Fsp3) is 0.0741. The van der Waals surface area contributed by atoms with Gasteiger partial charge in [-0.1, -0.05) is 12.1 Å². The molecule has 5 aromatic rings. The third-order valence-corrected chi connectivity index (χ3v) is 6.85. The number of nitrogens with zero attached hydrogens (tertiary/aromatic N) is 1. The highest BCUT2D eigenvalue weighted by Crippen LogP contribution is 2.42. The van der Waals surface area contributed by atoms with Crippen molar-refractivity contribution in [3.8, 4) is 40.0 Å². The lowest BCUT2D eigenvalue weighted by Crippen LogP contribution is -2.06. The number of oxazole rings is 1. The number of phenolic OH excluding ortho intramolecular Hbond substituents is 2. The molecule has 2 aromatic heterocycles. The molecule has 5 rings (SSSR count). The van der Waals surface area contributed by atoms with Crippen LogP contribution in [0.2, 0.25) is 0 Å². The summed E-state index contributed by atoms with van der Waals surface area (Å²) in [6.07, 6.45) is 1.25. The Labute approximate surface area is 203 Å². The van der Waals surface area contributed by atoms with Crippen LogP contribution in [0, 0.1) is 13.8 Å². The smallest absolute Gasteiger partial charge is 0.299 e. The van der Waals surface area contributed by atoms with Crippen molar-refractivity contribution in [2.24, 2.45) is 0 Å². The molecule has 174 valence electrons. The molecule has 3 aromatic carbocycles. The molecule has 0 spiro atoms. The summed E-state index contributed by atoms with van der Waals surface area (Å²) in [5, 5.41) is 20.8. The monoisotopic (exact) mass is 485 g/mol. The van der Waals surface area contributed by atoms with E-state index in [1.807, 2.05) is 12.1 Å². The lowest BCUT2D eigenvalue weighted by Gasteiger charge is -2.11. The van der Waals surface area contributed by atoms with Gasteiger partial charge in [0, 0.05) is 26.8 Å². The minimum atomic E-state index is -0.150. The third kappa shape index (κ3) is 4.04. The van der Waals surface area contributed by atoms with E-state index >= 15 is 0 Å². The quantitative estimate of drug-likeness (QED) is 0.224. The van der Waals surface area contributed by atoms with Crippen LogP contribution in [0.15, 0.2) is 65.3 Å². The summed E-state index contributed by atoms with van der Waals surface area (Å²) in [5.74, 6) is 0.439. The Kier molecular flexibility index (Phi) is 5.58. The summed E-state index contributed by atoms with van der Waals surface area (Å²) >= 11 is 1.31. The van der Waals surface area contributed by atoms with Crippen LogP contribution >= 0.6 is 11.3 Å². The summed E-state index contributed by atoms with van der Waals surface area (Å²) in [6, 6.07) is 15.5. The zero-order chi connectivity index (χ0) is 24.7. The van der Waals surface area contributed by atoms with Crippen molar-refractivity contribution in [1.29, 1.82) is 0 Å². The number of benzene rings is 3. The second kappa shape index (κ2) is 8.73. The summed E-state index contributed by atoms with van der Waals surface area (Å²) in [6.45, 7) is 3.87. The van der Waals surface area contributed by atoms with E-state index in [-0.39, 0.29) is 29.6 Å². The van der Waals surface area contributed by atoms with Gasteiger partial charge in [0.15, 0.2) is 6.26 Å². The van der Waals surface area contributed by atoms with Gasteiger partial charge in [-0.25, -0.2) is 0 Å². The number of carbonyl (C=O) groups excluding carboxylic acids is 2. The van der Waals surface area contributed by atoms with Crippen molar-refractivity contribution in [2.75, 3.05) is 0 Å². The maximum Gasteiger partial charge on any atom is 0.299 e. The van der Waals surface area contributed by atoms with E-state index < -0.39 is 0 Å². The molecule has 2 heterocycles. The number of thiophene rings is 1. The van der Waals surface area contributed by atoms with Crippen LogP contribution in [0.5, 0.6) is 17.4 Å². The average molecular weight is 486 g/mol. The van der Waals surface area contributed by atoms with Crippen LogP contribution in [0.3, 0.4) is 0 Å². The van der Waals surface area contributed by atoms with Gasteiger partial charge in [0.25, 0.3) is 12.4 Å². The minimum Gasteiger partial charge on any atom is -0.508 e. The zero-order valence-electron chi connectivity index (χ0n) is 18.7. The summed E-state index contributed by atoms with van der Waals surface area (Å²) in [7, 11) is 0. The molecule has 0 aliphatic rings. The number of aromatic hydroxyl groups is 2. The number of ketones is 1. The normalized spacial score (nSPS) is 11.0. The van der Waals surface area contributed by atoms with E-state index in [0.717, 1.165) is 21.2 Å². The molecule has 0 atom stereocenters. The Hall–Kier alpha value is -4.43. The molecule has 2 N–H and O–H groups in total. The van der Waals surface area contributed by atoms with Gasteiger partial charge >= 0.3 is 0 Å². The number of hydrogen-bond donors (Lipinski definition) is 2. The van der Waals surface area contributed by atoms with Gasteiger partial charge in [-0.2, -0.15) is 4.98 Å². The second-order valence-electron chi connectivity index (χ2n) is 8.05. The van der Waals surface area contributed by atoms with Gasteiger partial charge in [0.2, 0.25) is 11.7 Å². The Bertz CT molecular complexity index is 1570. The van der Waals surface area contributed by atoms with Crippen molar-refractivity contribution >= 4 is 33.7 Å². The molecule has 0 amide bonds. The summed E-state index contributed by atoms with van der Waals surface area (Å²) in [4.78, 5) is 29.0. The number of fused-ring (bicyclic) bond motifs is 1. The maximum absolute atomic E-state index is 13.8. The van der Waals surface area contributed by atoms with Crippen LogP contribution in [-0.2, 0) is 4.79 Å². The number of aromatic nitrogens is 1. The van der Waals surface area contributed by atoms with Gasteiger partial charge < -0.3 is 19.4 Å². The first kappa shape index (κ1) is 22.4. The van der Waals surface area contributed by atoms with Crippen LogP contribution in [0.1, 0.15) is 26.4 Å². The van der Waals surface area contributed by atoms with Crippen LogP contribution in [0.25, 0.3) is 32.7 Å². The Balaban J connectivity index is 1.64. The molecule has 0 saturated carbocycles. The molecule has 8 heteroatoms. The molecule has 0 aliphatic carbocycles. The number of ether oxygens (including phenoxy) is 1. The maximum atomic E-state index is 13.8. The number of carbonyl (C=O) groups is 2. The number of aryl methyl sites for hydroxylation is 2. The molecule has 0 radical (unpaired) electrons. The fourth-order valence-corrected chi connectivity index (χ4v) is 5.42. The third-order valence-electron chi connectivity index (χ3n) is 5.70. The molecule has 0 fully saturated rings. The molecule has 0 bridgehead atoms. The SMILES string of the molecule is Cc1cc(O)cc(C)c1C(=O)c1sc2cc(O)ccc2c1-c1ccc(-c2nc(OC=O)co2)cc1. The van der Waals surface area contributed by atoms with Crippen LogP contribution in [0.4, 0.5) is 0 Å². The summed E-state index contributed by atoms with van der Waals surface area (Å²) < 4.78 is 10.9. The van der Waals surface area contributed by atoms with Gasteiger partial charge in [-0.05, 0) is 73.0 Å². The van der Waals surface area contributed by atoms with Gasteiger partial charge in [-0.15, -0.1) is 11.3 Å². The molecule has 0 aliphatic heterocycles. The van der Waals surface area contributed by atoms with E-state index in [2.05, 4.69) is 4.98 Å². The van der Waals surface area contributed by atoms with Gasteiger partial charge in [-0.3, -0.25) is 9.59 Å². The van der Waals surface area contributed by atoms with Crippen molar-refractivity contribution in [3.05, 3.63) is 82.4 Å². The Morgan fingerprint density at radius 2 is 1.66 bits per heavy atom. The molecule has 7 nitrogen and oxygen atoms in total. The predicted octanol–water partition coefficient (Wildman–Crippen LogP) is 6.02. The van der Waals surface area contributed by atoms with Crippen molar-refractivity contribution in [2.45, 2.75) is 13.8 Å². The van der Waals surface area contributed by atoms with E-state index in [9.17, 15) is 19.8 Å². The Morgan fingerprint density at radius 1 is 0.971 bits per heavy atom. The van der Waals surface area contributed by atoms with Crippen molar-refractivity contribution in [3.63, 3.8) is 0 Å². The van der Waals surface area contributed by atoms with Crippen molar-refractivity contribution < 1.29 is 29.0 Å². The number of phenols is 2. The highest BCUT2D eigenvalue weighted by atomic mass is 32.1. The highest BCUT2D eigenvalue weighted by molar-refractivity contribution is 7.21. The lowest BCUT2D eigenvalue weighted by atomic mass is 9.93. The highest BCUT2D eigenvalue weighted by Gasteiger charge is 2.24. The number of hydrogen-bond acceptors (Lipinski definition) is 8.